The Morgan fingerprint density at radius 1 is 1.00 bits per heavy atom. The molecule has 4 heterocycles. The summed E-state index contributed by atoms with van der Waals surface area (Å²) in [7, 11) is -0.966. The summed E-state index contributed by atoms with van der Waals surface area (Å²) in [6.45, 7) is 4.90. The number of amides is 2. The number of sulfonamides is 1. The van der Waals surface area contributed by atoms with Crippen molar-refractivity contribution in [2.75, 3.05) is 51.2 Å². The molecule has 0 aliphatic carbocycles. The van der Waals surface area contributed by atoms with Gasteiger partial charge in [-0.05, 0) is 119 Å². The van der Waals surface area contributed by atoms with Gasteiger partial charge in [0.1, 0.15) is 5.75 Å². The zero-order chi connectivity index (χ0) is 34.1. The summed E-state index contributed by atoms with van der Waals surface area (Å²) in [6, 6.07) is 15.0. The quantitative estimate of drug-likeness (QED) is 0.335. The van der Waals surface area contributed by atoms with E-state index in [0.717, 1.165) is 38.8 Å². The zero-order valence-corrected chi connectivity index (χ0v) is 28.1. The lowest BCUT2D eigenvalue weighted by Crippen LogP contribution is -2.50. The van der Waals surface area contributed by atoms with Crippen molar-refractivity contribution < 1.29 is 32.2 Å². The third-order valence-corrected chi connectivity index (χ3v) is 11.4. The minimum atomic E-state index is -4.56. The fourth-order valence-corrected chi connectivity index (χ4v) is 8.55. The van der Waals surface area contributed by atoms with E-state index in [1.54, 1.807) is 17.9 Å². The number of nitriles is 1. The summed E-state index contributed by atoms with van der Waals surface area (Å²) < 4.78 is 46.5. The van der Waals surface area contributed by atoms with Crippen molar-refractivity contribution in [3.8, 4) is 17.7 Å². The van der Waals surface area contributed by atoms with E-state index in [-0.39, 0.29) is 39.8 Å². The van der Waals surface area contributed by atoms with E-state index in [0.29, 0.717) is 35.0 Å². The Labute approximate surface area is 280 Å². The van der Waals surface area contributed by atoms with Crippen molar-refractivity contribution >= 4 is 27.7 Å². The number of hydrogen-bond donors (Lipinski definition) is 0. The van der Waals surface area contributed by atoms with Gasteiger partial charge in [-0.25, -0.2) is 18.2 Å². The van der Waals surface area contributed by atoms with Gasteiger partial charge in [0.05, 0.1) is 41.5 Å². The van der Waals surface area contributed by atoms with Gasteiger partial charge in [0.2, 0.25) is 5.88 Å². The molecule has 2 saturated heterocycles. The third kappa shape index (κ3) is 5.84. The number of benzene rings is 2. The molecule has 252 valence electrons. The van der Waals surface area contributed by atoms with E-state index in [1.165, 1.54) is 61.8 Å². The number of anilines is 1. The summed E-state index contributed by atoms with van der Waals surface area (Å²) in [6.07, 6.45) is 4.55. The normalized spacial score (nSPS) is 20.7. The van der Waals surface area contributed by atoms with E-state index < -0.39 is 27.6 Å². The van der Waals surface area contributed by atoms with E-state index in [2.05, 4.69) is 23.0 Å². The van der Waals surface area contributed by atoms with Gasteiger partial charge < -0.3 is 24.0 Å². The van der Waals surface area contributed by atoms with Crippen molar-refractivity contribution in [1.29, 1.82) is 5.26 Å². The molecule has 1 aromatic heterocycles. The highest BCUT2D eigenvalue weighted by Gasteiger charge is 2.61. The van der Waals surface area contributed by atoms with Crippen LogP contribution in [0.5, 0.6) is 11.6 Å². The number of likely N-dealkylation sites (tertiary alicyclic amines) is 2. The van der Waals surface area contributed by atoms with Crippen LogP contribution in [-0.2, 0) is 25.2 Å². The zero-order valence-electron chi connectivity index (χ0n) is 27.3. The first-order chi connectivity index (χ1) is 23.1. The lowest BCUT2D eigenvalue weighted by atomic mass is 9.79. The lowest BCUT2D eigenvalue weighted by Gasteiger charge is -2.40. The highest BCUT2D eigenvalue weighted by Crippen LogP contribution is 2.51. The molecule has 3 aliphatic heterocycles. The Morgan fingerprint density at radius 3 is 2.29 bits per heavy atom. The molecule has 2 fully saturated rings. The van der Waals surface area contributed by atoms with Crippen molar-refractivity contribution in [2.24, 2.45) is 11.8 Å². The van der Waals surface area contributed by atoms with E-state index in [4.69, 9.17) is 14.2 Å². The first-order valence-corrected chi connectivity index (χ1v) is 17.6. The summed E-state index contributed by atoms with van der Waals surface area (Å²) in [5.74, 6) is 0.461. The van der Waals surface area contributed by atoms with Crippen LogP contribution in [0.15, 0.2) is 65.7 Å². The summed E-state index contributed by atoms with van der Waals surface area (Å²) in [4.78, 5) is 37.2. The Kier molecular flexibility index (Phi) is 9.31. The van der Waals surface area contributed by atoms with Crippen molar-refractivity contribution in [2.45, 2.75) is 43.1 Å². The predicted molar refractivity (Wildman–Crippen MR) is 176 cm³/mol. The van der Waals surface area contributed by atoms with Gasteiger partial charge in [0.15, 0.2) is 0 Å². The van der Waals surface area contributed by atoms with Gasteiger partial charge in [-0.3, -0.25) is 4.79 Å². The number of nitrogens with zero attached hydrogens (tertiary/aromatic N) is 5. The maximum absolute atomic E-state index is 14.9. The molecule has 12 nitrogen and oxygen atoms in total. The van der Waals surface area contributed by atoms with Gasteiger partial charge in [-0.1, -0.05) is 0 Å². The van der Waals surface area contributed by atoms with Crippen LogP contribution >= 0.6 is 0 Å². The molecule has 3 aromatic rings. The van der Waals surface area contributed by atoms with Crippen LogP contribution in [0.25, 0.3) is 0 Å². The fourth-order valence-electron chi connectivity index (χ4n) is 7.10. The second kappa shape index (κ2) is 13.4. The largest absolute Gasteiger partial charge is 0.497 e. The highest BCUT2D eigenvalue weighted by molar-refractivity contribution is 7.93. The van der Waals surface area contributed by atoms with E-state index >= 15 is 0 Å². The fraction of sp³-hybridized carbons (Fsp3) is 0.429. The van der Waals surface area contributed by atoms with Gasteiger partial charge >= 0.3 is 6.09 Å². The maximum Gasteiger partial charge on any atom is 0.411 e. The average molecular weight is 674 g/mol. The molecule has 0 N–H and O–H groups in total. The molecule has 48 heavy (non-hydrogen) atoms. The van der Waals surface area contributed by atoms with Crippen LogP contribution in [0.2, 0.25) is 0 Å². The Hall–Kier alpha value is -4.67. The van der Waals surface area contributed by atoms with E-state index in [1.807, 2.05) is 0 Å². The Bertz CT molecular complexity index is 1830. The monoisotopic (exact) mass is 673 g/mol. The molecule has 0 radical (unpaired) electrons. The standard InChI is InChI=1S/C35H39N5O7S/c1-4-46-32-29(6-5-17-37-32)35(47-34(42)39-20-15-26(16-21-39)25-13-18-38(2)19-14-25)30-22-24(23-36)7-12-31(30)40(33(35)41)48(43,44)28-10-8-27(45-3)9-11-28/h5-12,17,22,25-26H,4,13-16,18-21H2,1-3H3. The van der Waals surface area contributed by atoms with Crippen LogP contribution in [0, 0.1) is 23.2 Å². The van der Waals surface area contributed by atoms with E-state index in [9.17, 15) is 23.3 Å². The van der Waals surface area contributed by atoms with Gasteiger partial charge in [0.25, 0.3) is 21.5 Å². The number of methoxy groups -OCH3 is 1. The van der Waals surface area contributed by atoms with Crippen LogP contribution in [0.4, 0.5) is 10.5 Å². The molecule has 2 amide bonds. The number of rotatable bonds is 8. The summed E-state index contributed by atoms with van der Waals surface area (Å²) in [5, 5.41) is 9.87. The maximum atomic E-state index is 14.9. The number of aromatic nitrogens is 1. The van der Waals surface area contributed by atoms with Crippen molar-refractivity contribution in [3.05, 3.63) is 77.5 Å². The molecule has 1 unspecified atom stereocenters. The number of pyridine rings is 1. The van der Waals surface area contributed by atoms with Crippen LogP contribution in [0.1, 0.15) is 49.3 Å². The molecular weight excluding hydrogens is 634 g/mol. The minimum absolute atomic E-state index is 0.000805. The number of ether oxygens (including phenoxy) is 3. The Balaban J connectivity index is 1.43. The predicted octanol–water partition coefficient (Wildman–Crippen LogP) is 4.53. The smallest absolute Gasteiger partial charge is 0.411 e. The first-order valence-electron chi connectivity index (χ1n) is 16.2. The highest BCUT2D eigenvalue weighted by atomic mass is 32.2. The average Bonchev–Trinajstić information content (AvgIpc) is 3.36. The number of carbonyl (C=O) groups is 2. The molecule has 0 bridgehead atoms. The van der Waals surface area contributed by atoms with Crippen LogP contribution in [0.3, 0.4) is 0 Å². The topological polar surface area (TPSA) is 142 Å². The molecule has 1 atom stereocenters. The van der Waals surface area contributed by atoms with Crippen LogP contribution in [-0.4, -0.2) is 82.1 Å². The number of hydrogen-bond acceptors (Lipinski definition) is 10. The second-order valence-corrected chi connectivity index (χ2v) is 14.2. The molecule has 0 spiro atoms. The molecule has 0 saturated carbocycles. The number of carbonyl (C=O) groups excluding carboxylic acids is 2. The van der Waals surface area contributed by atoms with Crippen molar-refractivity contribution in [1.82, 2.24) is 14.8 Å². The first kappa shape index (κ1) is 33.2. The second-order valence-electron chi connectivity index (χ2n) is 12.4. The molecule has 2 aromatic carbocycles. The minimum Gasteiger partial charge on any atom is -0.497 e. The van der Waals surface area contributed by atoms with Gasteiger partial charge in [0, 0.05) is 24.8 Å². The molecular formula is C35H39N5O7S. The SMILES string of the molecule is CCOc1ncccc1C1(OC(=O)N2CCC(C3CCN(C)CC3)CC2)C(=O)N(S(=O)(=O)c2ccc(OC)cc2)c2ccc(C#N)cc21. The van der Waals surface area contributed by atoms with Gasteiger partial charge in [-0.2, -0.15) is 9.57 Å². The Morgan fingerprint density at radius 2 is 1.67 bits per heavy atom. The third-order valence-electron chi connectivity index (χ3n) is 9.71. The summed E-state index contributed by atoms with van der Waals surface area (Å²) in [5.41, 5.74) is -2.16. The number of piperidine rings is 2. The summed E-state index contributed by atoms with van der Waals surface area (Å²) >= 11 is 0. The lowest BCUT2D eigenvalue weighted by molar-refractivity contribution is -0.132. The van der Waals surface area contributed by atoms with Crippen LogP contribution < -0.4 is 13.8 Å². The van der Waals surface area contributed by atoms with Gasteiger partial charge in [-0.15, -0.1) is 0 Å². The number of fused-ring (bicyclic) bond motifs is 1. The molecule has 3 aliphatic rings. The van der Waals surface area contributed by atoms with Crippen molar-refractivity contribution in [3.63, 3.8) is 0 Å². The molecule has 13 heteroatoms. The molecule has 6 rings (SSSR count).